The molecule has 0 aliphatic carbocycles. The van der Waals surface area contributed by atoms with Crippen molar-refractivity contribution in [1.82, 2.24) is 5.01 Å². The van der Waals surface area contributed by atoms with Crippen molar-refractivity contribution in [2.45, 2.75) is 19.5 Å². The zero-order valence-electron chi connectivity index (χ0n) is 16.2. The van der Waals surface area contributed by atoms with Gasteiger partial charge in [0.25, 0.3) is 0 Å². The van der Waals surface area contributed by atoms with E-state index in [2.05, 4.69) is 32.9 Å². The third kappa shape index (κ3) is 5.42. The fourth-order valence-electron chi connectivity index (χ4n) is 3.38. The molecule has 1 heterocycles. The van der Waals surface area contributed by atoms with E-state index in [-0.39, 0.29) is 13.0 Å². The van der Waals surface area contributed by atoms with E-state index in [9.17, 15) is 18.0 Å². The predicted molar refractivity (Wildman–Crippen MR) is 121 cm³/mol. The van der Waals surface area contributed by atoms with Crippen molar-refractivity contribution in [3.05, 3.63) is 74.7 Å². The quantitative estimate of drug-likeness (QED) is 0.433. The molecule has 2 aromatic carbocycles. The van der Waals surface area contributed by atoms with Crippen molar-refractivity contribution >= 4 is 56.6 Å². The van der Waals surface area contributed by atoms with E-state index < -0.39 is 28.2 Å². The molecule has 0 bridgehead atoms. The van der Waals surface area contributed by atoms with E-state index in [1.807, 2.05) is 6.92 Å². The monoisotopic (exact) mass is 533 g/mol. The molecule has 0 spiro atoms. The molecule has 0 fully saturated rings. The van der Waals surface area contributed by atoms with Crippen molar-refractivity contribution in [3.63, 3.8) is 0 Å². The standard InChI is InChI=1S/C21H17BrCl2F3N3O/c1-12(23)10-20(2)11-30(19(31)28-15-6-4-14(22)5-7-15)29-18(20)13-3-8-16(17(24)9-13)21(25,26)27/h3-9H,1,10-11H2,2H3,(H,28,31). The van der Waals surface area contributed by atoms with E-state index in [1.54, 1.807) is 24.3 Å². The number of anilines is 1. The van der Waals surface area contributed by atoms with Gasteiger partial charge >= 0.3 is 12.2 Å². The van der Waals surface area contributed by atoms with Gasteiger partial charge in [-0.25, -0.2) is 9.80 Å². The summed E-state index contributed by atoms with van der Waals surface area (Å²) in [7, 11) is 0. The van der Waals surface area contributed by atoms with Crippen molar-refractivity contribution < 1.29 is 18.0 Å². The first kappa shape index (κ1) is 23.6. The Morgan fingerprint density at radius 3 is 2.48 bits per heavy atom. The van der Waals surface area contributed by atoms with Gasteiger partial charge in [0.15, 0.2) is 0 Å². The van der Waals surface area contributed by atoms with Crippen molar-refractivity contribution in [2.24, 2.45) is 10.5 Å². The fraction of sp³-hybridized carbons (Fsp3) is 0.238. The van der Waals surface area contributed by atoms with Gasteiger partial charge in [0.2, 0.25) is 0 Å². The molecule has 0 saturated carbocycles. The average molecular weight is 535 g/mol. The van der Waals surface area contributed by atoms with Crippen LogP contribution >= 0.6 is 39.1 Å². The van der Waals surface area contributed by atoms with Crippen LogP contribution in [0, 0.1) is 5.41 Å². The second-order valence-corrected chi connectivity index (χ2v) is 9.25. The molecular weight excluding hydrogens is 518 g/mol. The van der Waals surface area contributed by atoms with Gasteiger partial charge in [-0.1, -0.05) is 58.7 Å². The molecule has 1 aliphatic rings. The number of alkyl halides is 3. The lowest BCUT2D eigenvalue weighted by Crippen LogP contribution is -2.35. The highest BCUT2D eigenvalue weighted by molar-refractivity contribution is 9.10. The van der Waals surface area contributed by atoms with Gasteiger partial charge in [-0.3, -0.25) is 0 Å². The molecular formula is C21H17BrCl2F3N3O. The maximum Gasteiger partial charge on any atom is 0.417 e. The Balaban J connectivity index is 1.94. The number of hydrogen-bond acceptors (Lipinski definition) is 2. The third-order valence-corrected chi connectivity index (χ3v) is 5.73. The Morgan fingerprint density at radius 1 is 1.29 bits per heavy atom. The van der Waals surface area contributed by atoms with Crippen molar-refractivity contribution in [1.29, 1.82) is 0 Å². The molecule has 1 unspecified atom stereocenters. The summed E-state index contributed by atoms with van der Waals surface area (Å²) in [5, 5.41) is 8.26. The summed E-state index contributed by atoms with van der Waals surface area (Å²) >= 11 is 15.3. The molecule has 10 heteroatoms. The Morgan fingerprint density at radius 2 is 1.94 bits per heavy atom. The van der Waals surface area contributed by atoms with Crippen LogP contribution in [0.2, 0.25) is 5.02 Å². The fourth-order valence-corrected chi connectivity index (χ4v) is 4.23. The summed E-state index contributed by atoms with van der Waals surface area (Å²) in [5.41, 5.74) is -0.366. The maximum absolute atomic E-state index is 13.1. The smallest absolute Gasteiger partial charge is 0.306 e. The normalized spacial score (nSPS) is 18.7. The van der Waals surface area contributed by atoms with Crippen LogP contribution in [0.4, 0.5) is 23.7 Å². The van der Waals surface area contributed by atoms with Gasteiger partial charge in [-0.05, 0) is 48.4 Å². The maximum atomic E-state index is 13.1. The van der Waals surface area contributed by atoms with Crippen molar-refractivity contribution in [2.75, 3.05) is 11.9 Å². The highest BCUT2D eigenvalue weighted by Crippen LogP contribution is 2.40. The zero-order valence-corrected chi connectivity index (χ0v) is 19.3. The lowest BCUT2D eigenvalue weighted by atomic mass is 9.79. The number of hydrazone groups is 1. The van der Waals surface area contributed by atoms with Crippen LogP contribution in [0.1, 0.15) is 24.5 Å². The highest BCUT2D eigenvalue weighted by atomic mass is 79.9. The molecule has 2 amide bonds. The van der Waals surface area contributed by atoms with E-state index >= 15 is 0 Å². The summed E-state index contributed by atoms with van der Waals surface area (Å²) in [5.74, 6) is 0. The van der Waals surface area contributed by atoms with E-state index in [0.717, 1.165) is 10.5 Å². The molecule has 0 saturated heterocycles. The second-order valence-electron chi connectivity index (χ2n) is 7.39. The first-order chi connectivity index (χ1) is 14.4. The molecule has 164 valence electrons. The molecule has 4 nitrogen and oxygen atoms in total. The van der Waals surface area contributed by atoms with Crippen LogP contribution in [0.25, 0.3) is 0 Å². The number of nitrogens with zero attached hydrogens (tertiary/aromatic N) is 2. The van der Waals surface area contributed by atoms with E-state index in [4.69, 9.17) is 23.2 Å². The Labute approximate surface area is 195 Å². The summed E-state index contributed by atoms with van der Waals surface area (Å²) < 4.78 is 40.1. The van der Waals surface area contributed by atoms with Gasteiger partial charge in [0.05, 0.1) is 22.8 Å². The van der Waals surface area contributed by atoms with Crippen LogP contribution in [0.5, 0.6) is 0 Å². The third-order valence-electron chi connectivity index (χ3n) is 4.75. The number of benzene rings is 2. The number of allylic oxidation sites excluding steroid dienone is 1. The molecule has 0 aromatic heterocycles. The molecule has 2 aromatic rings. The van der Waals surface area contributed by atoms with Crippen LogP contribution in [0.15, 0.2) is 63.6 Å². The molecule has 31 heavy (non-hydrogen) atoms. The van der Waals surface area contributed by atoms with Crippen LogP contribution in [-0.2, 0) is 6.18 Å². The first-order valence-corrected chi connectivity index (χ1v) is 10.6. The number of rotatable bonds is 4. The topological polar surface area (TPSA) is 44.7 Å². The number of carbonyl (C=O) groups excluding carboxylic acids is 1. The number of nitrogens with one attached hydrogen (secondary N) is 1. The van der Waals surface area contributed by atoms with Gasteiger partial charge in [-0.2, -0.15) is 18.3 Å². The lowest BCUT2D eigenvalue weighted by Gasteiger charge is -2.26. The largest absolute Gasteiger partial charge is 0.417 e. The van der Waals surface area contributed by atoms with Gasteiger partial charge in [0.1, 0.15) is 0 Å². The number of carbonyl (C=O) groups is 1. The SMILES string of the molecule is C=C(Cl)CC1(C)CN(C(=O)Nc2ccc(Br)cc2)N=C1c1ccc(C(F)(F)F)c(Cl)c1. The van der Waals surface area contributed by atoms with Gasteiger partial charge in [-0.15, -0.1) is 0 Å². The molecule has 1 atom stereocenters. The highest BCUT2D eigenvalue weighted by Gasteiger charge is 2.42. The van der Waals surface area contributed by atoms with Gasteiger partial charge in [0, 0.05) is 20.6 Å². The molecule has 3 rings (SSSR count). The minimum Gasteiger partial charge on any atom is -0.306 e. The number of urea groups is 1. The summed E-state index contributed by atoms with van der Waals surface area (Å²) in [6.07, 6.45) is -4.30. The summed E-state index contributed by atoms with van der Waals surface area (Å²) in [4.78, 5) is 12.8. The zero-order chi connectivity index (χ0) is 23.0. The lowest BCUT2D eigenvalue weighted by molar-refractivity contribution is -0.137. The molecule has 1 aliphatic heterocycles. The number of hydrogen-bond donors (Lipinski definition) is 1. The first-order valence-electron chi connectivity index (χ1n) is 9.03. The van der Waals surface area contributed by atoms with Gasteiger partial charge < -0.3 is 5.32 Å². The van der Waals surface area contributed by atoms with E-state index in [1.165, 1.54) is 17.1 Å². The Hall–Kier alpha value is -2.03. The summed E-state index contributed by atoms with van der Waals surface area (Å²) in [6, 6.07) is 9.91. The Bertz CT molecular complexity index is 1060. The molecule has 1 N–H and O–H groups in total. The van der Waals surface area contributed by atoms with E-state index in [0.29, 0.717) is 22.0 Å². The number of halogens is 6. The Kier molecular flexibility index (Phi) is 6.74. The molecule has 0 radical (unpaired) electrons. The summed E-state index contributed by atoms with van der Waals surface area (Å²) in [6.45, 7) is 5.69. The number of amides is 2. The minimum atomic E-state index is -4.57. The second kappa shape index (κ2) is 8.84. The minimum absolute atomic E-state index is 0.162. The van der Waals surface area contributed by atoms with Crippen LogP contribution in [-0.4, -0.2) is 23.3 Å². The van der Waals surface area contributed by atoms with Crippen LogP contribution < -0.4 is 5.32 Å². The average Bonchev–Trinajstić information content (AvgIpc) is 2.99. The predicted octanol–water partition coefficient (Wildman–Crippen LogP) is 7.52. The van der Waals surface area contributed by atoms with Crippen molar-refractivity contribution in [3.8, 4) is 0 Å². The van der Waals surface area contributed by atoms with Crippen LogP contribution in [0.3, 0.4) is 0 Å².